The first kappa shape index (κ1) is 12.6. The van der Waals surface area contributed by atoms with Crippen molar-refractivity contribution in [2.45, 2.75) is 0 Å². The van der Waals surface area contributed by atoms with Crippen LogP contribution in [0.4, 0.5) is 10.8 Å². The van der Waals surface area contributed by atoms with E-state index in [-0.39, 0.29) is 16.5 Å². The first-order valence-electron chi connectivity index (χ1n) is 4.58. The zero-order chi connectivity index (χ0) is 13.1. The Morgan fingerprint density at radius 1 is 1.44 bits per heavy atom. The summed E-state index contributed by atoms with van der Waals surface area (Å²) in [5.41, 5.74) is 0.941. The van der Waals surface area contributed by atoms with Crippen molar-refractivity contribution in [2.75, 3.05) is 4.31 Å². The van der Waals surface area contributed by atoms with Gasteiger partial charge in [0.05, 0.1) is 16.8 Å². The van der Waals surface area contributed by atoms with E-state index < -0.39 is 17.2 Å². The molecule has 1 N–H and O–H groups in total. The molecule has 0 aromatic carbocycles. The maximum atomic E-state index is 11.2. The molecule has 1 atom stereocenters. The molecule has 0 saturated heterocycles. The molecule has 0 aliphatic rings. The van der Waals surface area contributed by atoms with Crippen LogP contribution in [-0.4, -0.2) is 29.8 Å². The maximum absolute atomic E-state index is 11.2. The lowest BCUT2D eigenvalue weighted by Crippen LogP contribution is -2.21. The summed E-state index contributed by atoms with van der Waals surface area (Å²) < 4.78 is 23.3. The third-order valence-electron chi connectivity index (χ3n) is 1.94. The number of hydrogen-bond donors (Lipinski definition) is 1. The van der Waals surface area contributed by atoms with E-state index in [2.05, 4.69) is 9.97 Å². The Morgan fingerprint density at radius 3 is 2.78 bits per heavy atom. The highest BCUT2D eigenvalue weighted by Gasteiger charge is 2.22. The Hall–Kier alpha value is -1.84. The quantitative estimate of drug-likeness (QED) is 0.844. The lowest BCUT2D eigenvalue weighted by Gasteiger charge is -2.23. The van der Waals surface area contributed by atoms with Crippen LogP contribution in [0.3, 0.4) is 0 Å². The number of carboxylic acids is 1. The predicted octanol–water partition coefficient (Wildman–Crippen LogP) is 1.17. The van der Waals surface area contributed by atoms with Gasteiger partial charge in [-0.25, -0.2) is 19.1 Å². The predicted molar refractivity (Wildman–Crippen MR) is 64.4 cm³/mol. The van der Waals surface area contributed by atoms with Gasteiger partial charge in [-0.15, -0.1) is 11.3 Å². The number of carboxylic acid groups (broad SMARTS) is 1. The van der Waals surface area contributed by atoms with Crippen molar-refractivity contribution in [1.82, 2.24) is 9.97 Å². The first-order valence-corrected chi connectivity index (χ1v) is 6.49. The second kappa shape index (κ2) is 5.21. The van der Waals surface area contributed by atoms with Gasteiger partial charge in [0, 0.05) is 6.20 Å². The molecule has 0 aliphatic heterocycles. The van der Waals surface area contributed by atoms with Crippen LogP contribution in [0.1, 0.15) is 10.5 Å². The number of anilines is 2. The van der Waals surface area contributed by atoms with Crippen LogP contribution in [-0.2, 0) is 11.3 Å². The molecule has 2 rings (SSSR count). The Balaban J connectivity index is 2.52. The highest BCUT2D eigenvalue weighted by atomic mass is 32.2. The smallest absolute Gasteiger partial charge is 0.357 e. The van der Waals surface area contributed by atoms with Gasteiger partial charge in [-0.3, -0.25) is 4.21 Å². The van der Waals surface area contributed by atoms with Gasteiger partial charge in [0.1, 0.15) is 10.8 Å². The number of carbonyl (C=O) groups is 1. The topological polar surface area (TPSA) is 106 Å². The summed E-state index contributed by atoms with van der Waals surface area (Å²) in [4.78, 5) is 18.4. The summed E-state index contributed by atoms with van der Waals surface area (Å²) in [6.07, 6.45) is 1.41. The van der Waals surface area contributed by atoms with E-state index in [1.54, 1.807) is 12.1 Å². The minimum absolute atomic E-state index is 0.00506. The number of pyridine rings is 1. The fraction of sp³-hybridized carbons (Fsp3) is 0. The molecular weight excluding hydrogens is 278 g/mol. The molecule has 94 valence electrons. The molecule has 0 saturated carbocycles. The second-order valence-corrected chi connectivity index (χ2v) is 4.64. The molecule has 2 aromatic rings. The van der Waals surface area contributed by atoms with Crippen LogP contribution in [0.25, 0.3) is 0 Å². The molecule has 0 aliphatic carbocycles. The standard InChI is InChI=1S/C9H7N3O4S2/c13-9(14)7-8(17-5-11-7)12(18(15)16)6-3-1-2-4-10-6/h1-5H,(H,13,14)(H,15,16)/p-1. The molecule has 9 heteroatoms. The van der Waals surface area contributed by atoms with Crippen LogP contribution in [0, 0.1) is 0 Å². The maximum Gasteiger partial charge on any atom is 0.357 e. The van der Waals surface area contributed by atoms with Gasteiger partial charge in [-0.05, 0) is 12.1 Å². The summed E-state index contributed by atoms with van der Waals surface area (Å²) in [6, 6.07) is 4.69. The highest BCUT2D eigenvalue weighted by molar-refractivity contribution is 7.81. The second-order valence-electron chi connectivity index (χ2n) is 3.01. The van der Waals surface area contributed by atoms with Crippen LogP contribution in [0.2, 0.25) is 0 Å². The summed E-state index contributed by atoms with van der Waals surface area (Å²) >= 11 is -1.77. The van der Waals surface area contributed by atoms with Crippen LogP contribution in [0.15, 0.2) is 29.9 Å². The lowest BCUT2D eigenvalue weighted by atomic mass is 10.4. The van der Waals surface area contributed by atoms with E-state index in [0.29, 0.717) is 0 Å². The van der Waals surface area contributed by atoms with Gasteiger partial charge < -0.3 is 9.66 Å². The molecule has 1 unspecified atom stereocenters. The van der Waals surface area contributed by atoms with Crippen molar-refractivity contribution < 1.29 is 18.7 Å². The van der Waals surface area contributed by atoms with Crippen LogP contribution >= 0.6 is 11.3 Å². The molecule has 0 fully saturated rings. The minimum Gasteiger partial charge on any atom is -0.755 e. The Bertz CT molecular complexity index is 587. The average Bonchev–Trinajstić information content (AvgIpc) is 2.79. The molecule has 18 heavy (non-hydrogen) atoms. The van der Waals surface area contributed by atoms with E-state index in [1.807, 2.05) is 0 Å². The Labute approximate surface area is 108 Å². The average molecular weight is 284 g/mol. The lowest BCUT2D eigenvalue weighted by molar-refractivity contribution is 0.0692. The van der Waals surface area contributed by atoms with Gasteiger partial charge >= 0.3 is 5.97 Å². The number of rotatable bonds is 4. The van der Waals surface area contributed by atoms with Crippen molar-refractivity contribution >= 4 is 39.4 Å². The van der Waals surface area contributed by atoms with Gasteiger partial charge in [0.2, 0.25) is 0 Å². The molecule has 2 heterocycles. The molecule has 0 bridgehead atoms. The van der Waals surface area contributed by atoms with Crippen molar-refractivity contribution in [2.24, 2.45) is 0 Å². The van der Waals surface area contributed by atoms with Gasteiger partial charge in [0.15, 0.2) is 5.69 Å². The zero-order valence-corrected chi connectivity index (χ0v) is 10.3. The van der Waals surface area contributed by atoms with Crippen molar-refractivity contribution in [3.63, 3.8) is 0 Å². The van der Waals surface area contributed by atoms with Crippen molar-refractivity contribution in [1.29, 1.82) is 0 Å². The molecule has 0 spiro atoms. The highest BCUT2D eigenvalue weighted by Crippen LogP contribution is 2.31. The normalized spacial score (nSPS) is 12.1. The van der Waals surface area contributed by atoms with E-state index in [9.17, 15) is 13.6 Å². The van der Waals surface area contributed by atoms with Gasteiger partial charge in [0.25, 0.3) is 0 Å². The van der Waals surface area contributed by atoms with E-state index in [0.717, 1.165) is 15.6 Å². The molecule has 7 nitrogen and oxygen atoms in total. The SMILES string of the molecule is O=C(O)c1ncsc1N(c1ccccn1)S(=O)[O-]. The number of aromatic nitrogens is 2. The van der Waals surface area contributed by atoms with Crippen molar-refractivity contribution in [3.8, 4) is 0 Å². The number of hydrogen-bond acceptors (Lipinski definition) is 6. The van der Waals surface area contributed by atoms with E-state index in [4.69, 9.17) is 5.11 Å². The molecule has 0 radical (unpaired) electrons. The summed E-state index contributed by atoms with van der Waals surface area (Å²) in [5, 5.41) is 8.92. The zero-order valence-electron chi connectivity index (χ0n) is 8.72. The van der Waals surface area contributed by atoms with Crippen LogP contribution < -0.4 is 4.31 Å². The van der Waals surface area contributed by atoms with Gasteiger partial charge in [-0.2, -0.15) is 0 Å². The number of nitrogens with zero attached hydrogens (tertiary/aromatic N) is 3. The first-order chi connectivity index (χ1) is 8.61. The van der Waals surface area contributed by atoms with Crippen LogP contribution in [0.5, 0.6) is 0 Å². The molecule has 2 aromatic heterocycles. The minimum atomic E-state index is -2.68. The van der Waals surface area contributed by atoms with Crippen molar-refractivity contribution in [3.05, 3.63) is 35.6 Å². The molecular formula is C9H6N3O4S2-. The monoisotopic (exact) mass is 284 g/mol. The Morgan fingerprint density at radius 2 is 2.22 bits per heavy atom. The molecule has 0 amide bonds. The van der Waals surface area contributed by atoms with E-state index >= 15 is 0 Å². The fourth-order valence-corrected chi connectivity index (χ4v) is 2.75. The largest absolute Gasteiger partial charge is 0.755 e. The third kappa shape index (κ3) is 2.37. The summed E-state index contributed by atoms with van der Waals surface area (Å²) in [6.45, 7) is 0. The van der Waals surface area contributed by atoms with E-state index in [1.165, 1.54) is 17.8 Å². The number of aromatic carboxylic acids is 1. The summed E-state index contributed by atoms with van der Waals surface area (Å²) in [7, 11) is 0. The Kier molecular flexibility index (Phi) is 3.65. The number of thiazole rings is 1. The van der Waals surface area contributed by atoms with Gasteiger partial charge in [-0.1, -0.05) is 6.07 Å². The fourth-order valence-electron chi connectivity index (χ4n) is 1.25. The summed E-state index contributed by atoms with van der Waals surface area (Å²) in [5.74, 6) is -1.18. The third-order valence-corrected chi connectivity index (χ3v) is 3.54.